The minimum Gasteiger partial charge on any atom is -0.395 e. The zero-order valence-corrected chi connectivity index (χ0v) is 12.4. The summed E-state index contributed by atoms with van der Waals surface area (Å²) < 4.78 is 5.45. The molecule has 0 aromatic rings. The number of aliphatic hydroxyl groups is 1. The van der Waals surface area contributed by atoms with Crippen molar-refractivity contribution < 1.29 is 9.84 Å². The fraction of sp³-hybridized carbons (Fsp3) is 1.00. The van der Waals surface area contributed by atoms with Crippen LogP contribution in [0.1, 0.15) is 33.1 Å². The van der Waals surface area contributed by atoms with Gasteiger partial charge in [0.15, 0.2) is 0 Å². The van der Waals surface area contributed by atoms with E-state index in [0.717, 1.165) is 38.0 Å². The van der Waals surface area contributed by atoms with E-state index >= 15 is 0 Å². The van der Waals surface area contributed by atoms with Crippen LogP contribution in [0.2, 0.25) is 0 Å². The number of nitrogens with zero attached hydrogens (tertiary/aromatic N) is 1. The second-order valence-corrected chi connectivity index (χ2v) is 6.65. The maximum Gasteiger partial charge on any atom is 0.0644 e. The summed E-state index contributed by atoms with van der Waals surface area (Å²) in [7, 11) is 0. The number of rotatable bonds is 4. The molecule has 0 aromatic heterocycles. The van der Waals surface area contributed by atoms with Crippen LogP contribution in [0.4, 0.5) is 0 Å². The zero-order chi connectivity index (χ0) is 13.8. The molecule has 2 rings (SSSR count). The molecule has 0 aromatic carbocycles. The molecule has 0 bridgehead atoms. The van der Waals surface area contributed by atoms with Crippen LogP contribution in [0.25, 0.3) is 0 Å². The van der Waals surface area contributed by atoms with E-state index in [1.165, 1.54) is 12.8 Å². The average Bonchev–Trinajstić information content (AvgIpc) is 2.41. The van der Waals surface area contributed by atoms with E-state index in [9.17, 15) is 5.11 Å². The standard InChI is InChI=1S/C15H30N2O2/c1-11(2)12-3-4-15(16)13(7-12)8-17-5-6-19-10-14(17)9-18/h11-15,18H,3-10,16H2,1-2H3. The Morgan fingerprint density at radius 2 is 2.16 bits per heavy atom. The predicted octanol–water partition coefficient (Wildman–Crippen LogP) is 1.08. The summed E-state index contributed by atoms with van der Waals surface area (Å²) in [6.45, 7) is 8.24. The Labute approximate surface area is 117 Å². The lowest BCUT2D eigenvalue weighted by atomic mass is 9.73. The van der Waals surface area contributed by atoms with E-state index in [0.29, 0.717) is 18.6 Å². The van der Waals surface area contributed by atoms with Gasteiger partial charge in [0, 0.05) is 19.1 Å². The second-order valence-electron chi connectivity index (χ2n) is 6.65. The van der Waals surface area contributed by atoms with Crippen molar-refractivity contribution in [1.29, 1.82) is 0 Å². The lowest BCUT2D eigenvalue weighted by Crippen LogP contribution is -2.52. The molecule has 1 saturated carbocycles. The van der Waals surface area contributed by atoms with Crippen LogP contribution in [0, 0.1) is 17.8 Å². The molecule has 4 nitrogen and oxygen atoms in total. The molecule has 4 atom stereocenters. The van der Waals surface area contributed by atoms with Crippen LogP contribution in [0.15, 0.2) is 0 Å². The molecule has 1 heterocycles. The van der Waals surface area contributed by atoms with Gasteiger partial charge in [-0.3, -0.25) is 4.90 Å². The zero-order valence-electron chi connectivity index (χ0n) is 12.4. The smallest absolute Gasteiger partial charge is 0.0644 e. The maximum atomic E-state index is 9.44. The number of morpholine rings is 1. The van der Waals surface area contributed by atoms with Gasteiger partial charge in [-0.2, -0.15) is 0 Å². The van der Waals surface area contributed by atoms with Crippen LogP contribution in [0.3, 0.4) is 0 Å². The fourth-order valence-electron chi connectivity index (χ4n) is 3.54. The molecule has 4 unspecified atom stereocenters. The van der Waals surface area contributed by atoms with E-state index < -0.39 is 0 Å². The second kappa shape index (κ2) is 7.02. The molecular formula is C15H30N2O2. The van der Waals surface area contributed by atoms with Crippen molar-refractivity contribution in [2.75, 3.05) is 32.9 Å². The van der Waals surface area contributed by atoms with Crippen LogP contribution < -0.4 is 5.73 Å². The van der Waals surface area contributed by atoms with E-state index in [1.807, 2.05) is 0 Å². The van der Waals surface area contributed by atoms with Gasteiger partial charge < -0.3 is 15.6 Å². The van der Waals surface area contributed by atoms with E-state index in [2.05, 4.69) is 18.7 Å². The monoisotopic (exact) mass is 270 g/mol. The first kappa shape index (κ1) is 15.2. The van der Waals surface area contributed by atoms with Crippen LogP contribution in [0.5, 0.6) is 0 Å². The van der Waals surface area contributed by atoms with Gasteiger partial charge in [-0.15, -0.1) is 0 Å². The molecule has 0 amide bonds. The Morgan fingerprint density at radius 1 is 1.37 bits per heavy atom. The first-order valence-electron chi connectivity index (χ1n) is 7.80. The Balaban J connectivity index is 1.91. The summed E-state index contributed by atoms with van der Waals surface area (Å²) in [5, 5.41) is 9.44. The third-order valence-electron chi connectivity index (χ3n) is 5.05. The van der Waals surface area contributed by atoms with Gasteiger partial charge in [0.2, 0.25) is 0 Å². The van der Waals surface area contributed by atoms with Crippen LogP contribution in [-0.4, -0.2) is 55.0 Å². The van der Waals surface area contributed by atoms with Crippen molar-refractivity contribution in [3.8, 4) is 0 Å². The highest BCUT2D eigenvalue weighted by molar-refractivity contribution is 4.87. The molecule has 0 radical (unpaired) electrons. The number of hydrogen-bond acceptors (Lipinski definition) is 4. The summed E-state index contributed by atoms with van der Waals surface area (Å²) >= 11 is 0. The Hall–Kier alpha value is -0.160. The molecule has 1 aliphatic heterocycles. The minimum absolute atomic E-state index is 0.167. The highest BCUT2D eigenvalue weighted by Crippen LogP contribution is 2.33. The normalized spacial score (nSPS) is 37.7. The van der Waals surface area contributed by atoms with Crippen LogP contribution in [-0.2, 0) is 4.74 Å². The molecule has 2 fully saturated rings. The molecule has 0 spiro atoms. The van der Waals surface area contributed by atoms with Crippen molar-refractivity contribution in [1.82, 2.24) is 4.90 Å². The molecule has 1 saturated heterocycles. The van der Waals surface area contributed by atoms with Gasteiger partial charge in [0.25, 0.3) is 0 Å². The maximum absolute atomic E-state index is 9.44. The summed E-state index contributed by atoms with van der Waals surface area (Å²) in [4.78, 5) is 2.39. The van der Waals surface area contributed by atoms with Crippen molar-refractivity contribution in [2.24, 2.45) is 23.5 Å². The molecule has 112 valence electrons. The van der Waals surface area contributed by atoms with Gasteiger partial charge >= 0.3 is 0 Å². The molecule has 1 aliphatic carbocycles. The third kappa shape index (κ3) is 3.91. The summed E-state index contributed by atoms with van der Waals surface area (Å²) in [6, 6.07) is 0.498. The quantitative estimate of drug-likeness (QED) is 0.802. The SMILES string of the molecule is CC(C)C1CCC(N)C(CN2CCOCC2CO)C1. The minimum atomic E-state index is 0.167. The molecule has 3 N–H and O–H groups in total. The summed E-state index contributed by atoms with van der Waals surface area (Å²) in [5.74, 6) is 2.15. The number of nitrogens with two attached hydrogens (primary N) is 1. The summed E-state index contributed by atoms with van der Waals surface area (Å²) in [5.41, 5.74) is 6.33. The van der Waals surface area contributed by atoms with Gasteiger partial charge in [-0.1, -0.05) is 13.8 Å². The predicted molar refractivity (Wildman–Crippen MR) is 76.9 cm³/mol. The highest BCUT2D eigenvalue weighted by Gasteiger charge is 2.33. The van der Waals surface area contributed by atoms with Crippen molar-refractivity contribution in [3.63, 3.8) is 0 Å². The Bertz CT molecular complexity index is 273. The lowest BCUT2D eigenvalue weighted by molar-refractivity contribution is -0.0388. The van der Waals surface area contributed by atoms with Crippen molar-refractivity contribution in [3.05, 3.63) is 0 Å². The Kier molecular flexibility index (Phi) is 5.63. The van der Waals surface area contributed by atoms with Crippen molar-refractivity contribution in [2.45, 2.75) is 45.2 Å². The third-order valence-corrected chi connectivity index (χ3v) is 5.05. The topological polar surface area (TPSA) is 58.7 Å². The van der Waals surface area contributed by atoms with Crippen LogP contribution >= 0.6 is 0 Å². The molecule has 19 heavy (non-hydrogen) atoms. The molecule has 2 aliphatic rings. The fourth-order valence-corrected chi connectivity index (χ4v) is 3.54. The highest BCUT2D eigenvalue weighted by atomic mass is 16.5. The van der Waals surface area contributed by atoms with E-state index in [4.69, 9.17) is 10.5 Å². The van der Waals surface area contributed by atoms with Gasteiger partial charge in [-0.25, -0.2) is 0 Å². The first-order chi connectivity index (χ1) is 9.11. The van der Waals surface area contributed by atoms with E-state index in [1.54, 1.807) is 0 Å². The van der Waals surface area contributed by atoms with Gasteiger partial charge in [0.05, 0.1) is 25.9 Å². The molecule has 4 heteroatoms. The lowest BCUT2D eigenvalue weighted by Gasteiger charge is -2.42. The molecular weight excluding hydrogens is 240 g/mol. The number of aliphatic hydroxyl groups excluding tert-OH is 1. The van der Waals surface area contributed by atoms with E-state index in [-0.39, 0.29) is 12.6 Å². The Morgan fingerprint density at radius 3 is 2.84 bits per heavy atom. The average molecular weight is 270 g/mol. The van der Waals surface area contributed by atoms with Gasteiger partial charge in [0.1, 0.15) is 0 Å². The number of hydrogen-bond donors (Lipinski definition) is 2. The largest absolute Gasteiger partial charge is 0.395 e. The van der Waals surface area contributed by atoms with Gasteiger partial charge in [-0.05, 0) is 37.0 Å². The number of ether oxygens (including phenoxy) is 1. The first-order valence-corrected chi connectivity index (χ1v) is 7.80. The summed E-state index contributed by atoms with van der Waals surface area (Å²) in [6.07, 6.45) is 3.68. The van der Waals surface area contributed by atoms with Crippen molar-refractivity contribution >= 4 is 0 Å².